The smallest absolute Gasteiger partial charge is 0.307 e. The molecule has 0 aliphatic heterocycles. The first kappa shape index (κ1) is 19.3. The number of Topliss-reactive ketones (excluding diaryl/α,β-unsaturated/α-hetero) is 1. The molecule has 0 fully saturated rings. The van der Waals surface area contributed by atoms with Crippen molar-refractivity contribution in [3.63, 3.8) is 0 Å². The van der Waals surface area contributed by atoms with Crippen LogP contribution in [0, 0.1) is 6.92 Å². The molecular weight excluding hydrogens is 390 g/mol. The van der Waals surface area contributed by atoms with E-state index in [9.17, 15) is 18.0 Å². The van der Waals surface area contributed by atoms with Gasteiger partial charge in [-0.15, -0.1) is 11.3 Å². The van der Waals surface area contributed by atoms with Crippen molar-refractivity contribution in [3.8, 4) is 0 Å². The normalized spacial score (nSPS) is 11.6. The average molecular weight is 407 g/mol. The maximum Gasteiger partial charge on any atom is 0.307 e. The molecule has 3 aromatic rings. The summed E-state index contributed by atoms with van der Waals surface area (Å²) in [6, 6.07) is 10.3. The maximum atomic E-state index is 12.2. The molecule has 0 saturated heterocycles. The number of ether oxygens (including phenoxy) is 1. The third-order valence-corrected chi connectivity index (χ3v) is 6.70. The van der Waals surface area contributed by atoms with Crippen molar-refractivity contribution in [2.45, 2.75) is 17.6 Å². The summed E-state index contributed by atoms with van der Waals surface area (Å²) in [4.78, 5) is 24.0. The molecule has 0 bridgehead atoms. The number of rotatable bonds is 8. The molecule has 0 spiro atoms. The van der Waals surface area contributed by atoms with Gasteiger partial charge in [0.05, 0.1) is 6.42 Å². The zero-order valence-electron chi connectivity index (χ0n) is 14.4. The number of carbonyl (C=O) groups excluding carboxylic acids is 2. The summed E-state index contributed by atoms with van der Waals surface area (Å²) in [5, 5.41) is 2.48. The molecule has 7 nitrogen and oxygen atoms in total. The molecule has 0 unspecified atom stereocenters. The van der Waals surface area contributed by atoms with Gasteiger partial charge in [0.2, 0.25) is 15.8 Å². The number of sulfonamides is 1. The Morgan fingerprint density at radius 2 is 1.96 bits per heavy atom. The van der Waals surface area contributed by atoms with E-state index in [0.717, 1.165) is 16.7 Å². The highest BCUT2D eigenvalue weighted by Crippen LogP contribution is 2.25. The lowest BCUT2D eigenvalue weighted by Crippen LogP contribution is -2.26. The highest BCUT2D eigenvalue weighted by Gasteiger charge is 2.19. The molecule has 3 rings (SSSR count). The lowest BCUT2D eigenvalue weighted by Gasteiger charge is -2.05. The molecule has 0 radical (unpaired) electrons. The first-order valence-electron chi connectivity index (χ1n) is 8.08. The van der Waals surface area contributed by atoms with Crippen molar-refractivity contribution in [2.75, 3.05) is 13.2 Å². The highest BCUT2D eigenvalue weighted by molar-refractivity contribution is 7.91. The Morgan fingerprint density at radius 3 is 2.67 bits per heavy atom. The second-order valence-corrected chi connectivity index (χ2v) is 8.66. The van der Waals surface area contributed by atoms with Crippen LogP contribution in [0.5, 0.6) is 0 Å². The minimum Gasteiger partial charge on any atom is -0.457 e. The van der Waals surface area contributed by atoms with Gasteiger partial charge in [-0.05, 0) is 24.4 Å². The van der Waals surface area contributed by atoms with Gasteiger partial charge in [-0.2, -0.15) is 0 Å². The number of nitrogens with one attached hydrogen (secondary N) is 1. The Kier molecular flexibility index (Phi) is 5.73. The molecule has 9 heteroatoms. The molecule has 0 aliphatic rings. The van der Waals surface area contributed by atoms with E-state index in [1.807, 2.05) is 12.1 Å². The van der Waals surface area contributed by atoms with E-state index in [4.69, 9.17) is 9.15 Å². The average Bonchev–Trinajstić information content (AvgIpc) is 3.29. The molecule has 0 saturated carbocycles. The molecule has 1 aromatic carbocycles. The van der Waals surface area contributed by atoms with Crippen molar-refractivity contribution in [3.05, 3.63) is 53.1 Å². The van der Waals surface area contributed by atoms with E-state index in [1.54, 1.807) is 30.5 Å². The number of thiophene rings is 1. The summed E-state index contributed by atoms with van der Waals surface area (Å²) in [6.45, 7) is 1.19. The Balaban J connectivity index is 1.50. The predicted molar refractivity (Wildman–Crippen MR) is 100 cm³/mol. The SMILES string of the molecule is Cc1c(C(=O)COC(=O)CCNS(=O)(=O)c2cccs2)oc2ccccc12. The van der Waals surface area contributed by atoms with Crippen LogP contribution >= 0.6 is 11.3 Å². The van der Waals surface area contributed by atoms with Gasteiger partial charge in [0.15, 0.2) is 12.4 Å². The zero-order chi connectivity index (χ0) is 19.4. The Labute approximate surface area is 160 Å². The summed E-state index contributed by atoms with van der Waals surface area (Å²) in [5.41, 5.74) is 1.28. The van der Waals surface area contributed by atoms with Crippen LogP contribution in [0.25, 0.3) is 11.0 Å². The van der Waals surface area contributed by atoms with Crippen molar-refractivity contribution in [2.24, 2.45) is 0 Å². The summed E-state index contributed by atoms with van der Waals surface area (Å²) < 4.78 is 36.8. The molecule has 27 heavy (non-hydrogen) atoms. The number of fused-ring (bicyclic) bond motifs is 1. The highest BCUT2D eigenvalue weighted by atomic mass is 32.2. The molecule has 142 valence electrons. The van der Waals surface area contributed by atoms with E-state index in [2.05, 4.69) is 4.72 Å². The third-order valence-electron chi connectivity index (χ3n) is 3.84. The van der Waals surface area contributed by atoms with Gasteiger partial charge >= 0.3 is 5.97 Å². The van der Waals surface area contributed by atoms with Crippen molar-refractivity contribution >= 4 is 44.1 Å². The van der Waals surface area contributed by atoms with Crippen LogP contribution in [-0.4, -0.2) is 33.3 Å². The topological polar surface area (TPSA) is 103 Å². The van der Waals surface area contributed by atoms with Gasteiger partial charge in [-0.3, -0.25) is 9.59 Å². The molecule has 0 aliphatic carbocycles. The number of esters is 1. The Bertz CT molecular complexity index is 1070. The van der Waals surface area contributed by atoms with E-state index >= 15 is 0 Å². The number of benzene rings is 1. The number of hydrogen-bond acceptors (Lipinski definition) is 7. The summed E-state index contributed by atoms with van der Waals surface area (Å²) in [7, 11) is -3.63. The lowest BCUT2D eigenvalue weighted by molar-refractivity contribution is -0.142. The monoisotopic (exact) mass is 407 g/mol. The van der Waals surface area contributed by atoms with Gasteiger partial charge in [-0.1, -0.05) is 24.3 Å². The maximum absolute atomic E-state index is 12.2. The fourth-order valence-electron chi connectivity index (χ4n) is 2.50. The lowest BCUT2D eigenvalue weighted by atomic mass is 10.1. The minimum atomic E-state index is -3.63. The Morgan fingerprint density at radius 1 is 1.19 bits per heavy atom. The van der Waals surface area contributed by atoms with Crippen molar-refractivity contribution < 1.29 is 27.2 Å². The van der Waals surface area contributed by atoms with Gasteiger partial charge in [-0.25, -0.2) is 13.1 Å². The van der Waals surface area contributed by atoms with E-state index < -0.39 is 28.4 Å². The number of furan rings is 1. The molecule has 2 aromatic heterocycles. The largest absolute Gasteiger partial charge is 0.457 e. The fraction of sp³-hybridized carbons (Fsp3) is 0.222. The molecule has 1 N–H and O–H groups in total. The summed E-state index contributed by atoms with van der Waals surface area (Å²) >= 11 is 1.08. The number of hydrogen-bond donors (Lipinski definition) is 1. The summed E-state index contributed by atoms with van der Waals surface area (Å²) in [6.07, 6.45) is -0.184. The van der Waals surface area contributed by atoms with Crippen LogP contribution in [0.2, 0.25) is 0 Å². The van der Waals surface area contributed by atoms with Crippen LogP contribution < -0.4 is 4.72 Å². The van der Waals surface area contributed by atoms with E-state index in [1.165, 1.54) is 6.07 Å². The van der Waals surface area contributed by atoms with Gasteiger partial charge < -0.3 is 9.15 Å². The van der Waals surface area contributed by atoms with E-state index in [-0.39, 0.29) is 22.9 Å². The number of para-hydroxylation sites is 1. The molecule has 0 amide bonds. The first-order valence-corrected chi connectivity index (χ1v) is 10.4. The van der Waals surface area contributed by atoms with Crippen LogP contribution in [0.15, 0.2) is 50.4 Å². The van der Waals surface area contributed by atoms with Crippen molar-refractivity contribution in [1.29, 1.82) is 0 Å². The van der Waals surface area contributed by atoms with Crippen LogP contribution in [0.3, 0.4) is 0 Å². The predicted octanol–water partition coefficient (Wildman–Crippen LogP) is 2.90. The van der Waals surface area contributed by atoms with Crippen LogP contribution in [0.1, 0.15) is 22.5 Å². The zero-order valence-corrected chi connectivity index (χ0v) is 16.1. The van der Waals surface area contributed by atoms with Gasteiger partial charge in [0.25, 0.3) is 0 Å². The van der Waals surface area contributed by atoms with E-state index in [0.29, 0.717) is 11.1 Å². The number of aryl methyl sites for hydroxylation is 1. The Hall–Kier alpha value is -2.49. The fourth-order valence-corrected chi connectivity index (χ4v) is 4.57. The second-order valence-electron chi connectivity index (χ2n) is 5.72. The van der Waals surface area contributed by atoms with Gasteiger partial charge in [0.1, 0.15) is 9.79 Å². The third kappa shape index (κ3) is 4.44. The number of ketones is 1. The first-order chi connectivity index (χ1) is 12.9. The summed E-state index contributed by atoms with van der Waals surface area (Å²) in [5.74, 6) is -0.968. The van der Waals surface area contributed by atoms with Crippen LogP contribution in [-0.2, 0) is 19.6 Å². The standard InChI is InChI=1S/C18H17NO6S2/c1-12-13-5-2-3-6-15(13)25-18(12)14(20)11-24-16(21)8-9-19-27(22,23)17-7-4-10-26-17/h2-7,10,19H,8-9,11H2,1H3. The number of carbonyl (C=O) groups is 2. The quantitative estimate of drug-likeness (QED) is 0.455. The van der Waals surface area contributed by atoms with Crippen molar-refractivity contribution in [1.82, 2.24) is 4.72 Å². The van der Waals surface area contributed by atoms with Crippen LogP contribution in [0.4, 0.5) is 0 Å². The second kappa shape index (κ2) is 8.03. The van der Waals surface area contributed by atoms with Gasteiger partial charge in [0, 0.05) is 17.5 Å². The molecular formula is C18H17NO6S2. The molecule has 2 heterocycles. The minimum absolute atomic E-state index is 0.114. The molecule has 0 atom stereocenters.